The van der Waals surface area contributed by atoms with Gasteiger partial charge in [0, 0.05) is 9.90 Å². The van der Waals surface area contributed by atoms with Crippen LogP contribution in [0, 0.1) is 6.92 Å². The molecule has 0 bridgehead atoms. The van der Waals surface area contributed by atoms with Crippen molar-refractivity contribution in [1.82, 2.24) is 0 Å². The third-order valence-corrected chi connectivity index (χ3v) is 4.39. The van der Waals surface area contributed by atoms with Crippen molar-refractivity contribution in [2.45, 2.75) is 20.3 Å². The number of carbonyl (C=O) groups is 1. The van der Waals surface area contributed by atoms with Crippen LogP contribution in [0.15, 0.2) is 24.3 Å². The van der Waals surface area contributed by atoms with Crippen LogP contribution in [0.3, 0.4) is 0 Å². The molecule has 0 unspecified atom stereocenters. The molecular weight excluding hydrogens is 282 g/mol. The number of anilines is 1. The summed E-state index contributed by atoms with van der Waals surface area (Å²) in [6, 6.07) is 6.41. The molecule has 0 aliphatic heterocycles. The van der Waals surface area contributed by atoms with Crippen LogP contribution in [-0.4, -0.2) is 11.0 Å². The Morgan fingerprint density at radius 2 is 2.16 bits per heavy atom. The predicted octanol–water partition coefficient (Wildman–Crippen LogP) is 4.23. The average molecular weight is 296 g/mol. The molecule has 0 radical (unpaired) electrons. The van der Waals surface area contributed by atoms with Gasteiger partial charge in [0.15, 0.2) is 0 Å². The van der Waals surface area contributed by atoms with Gasteiger partial charge in [-0.2, -0.15) is 0 Å². The molecule has 2 rings (SSSR count). The van der Waals surface area contributed by atoms with Crippen LogP contribution >= 0.6 is 22.9 Å². The molecular formula is C14H14ClNO2S. The van der Waals surface area contributed by atoms with Gasteiger partial charge < -0.3 is 10.4 Å². The smallest absolute Gasteiger partial charge is 0.265 e. The Balaban J connectivity index is 2.22. The monoisotopic (exact) mass is 295 g/mol. The average Bonchev–Trinajstić information content (AvgIpc) is 2.75. The normalized spacial score (nSPS) is 10.5. The third-order valence-electron chi connectivity index (χ3n) is 2.77. The van der Waals surface area contributed by atoms with Gasteiger partial charge in [-0.3, -0.25) is 4.79 Å². The minimum Gasteiger partial charge on any atom is -0.506 e. The molecule has 1 amide bonds. The third kappa shape index (κ3) is 3.08. The van der Waals surface area contributed by atoms with Crippen molar-refractivity contribution in [3.8, 4) is 5.75 Å². The molecule has 0 saturated heterocycles. The second-order valence-electron chi connectivity index (χ2n) is 4.19. The Kier molecular flexibility index (Phi) is 4.12. The Labute approximate surface area is 120 Å². The highest BCUT2D eigenvalue weighted by molar-refractivity contribution is 7.14. The number of amides is 1. The summed E-state index contributed by atoms with van der Waals surface area (Å²) in [7, 11) is 0. The van der Waals surface area contributed by atoms with Gasteiger partial charge in [-0.1, -0.05) is 18.5 Å². The van der Waals surface area contributed by atoms with E-state index in [-0.39, 0.29) is 11.7 Å². The van der Waals surface area contributed by atoms with Crippen LogP contribution in [0.1, 0.15) is 27.0 Å². The van der Waals surface area contributed by atoms with Gasteiger partial charge in [0.2, 0.25) is 0 Å². The fourth-order valence-corrected chi connectivity index (χ4v) is 2.96. The molecule has 0 atom stereocenters. The van der Waals surface area contributed by atoms with E-state index in [0.717, 1.165) is 12.0 Å². The lowest BCUT2D eigenvalue weighted by atomic mass is 10.2. The number of aromatic hydroxyl groups is 1. The summed E-state index contributed by atoms with van der Waals surface area (Å²) < 4.78 is 0. The first kappa shape index (κ1) is 13.9. The molecule has 0 fully saturated rings. The van der Waals surface area contributed by atoms with Gasteiger partial charge in [-0.15, -0.1) is 11.3 Å². The zero-order valence-corrected chi connectivity index (χ0v) is 12.2. The molecule has 0 saturated carbocycles. The number of benzene rings is 1. The van der Waals surface area contributed by atoms with Gasteiger partial charge in [-0.25, -0.2) is 0 Å². The van der Waals surface area contributed by atoms with E-state index in [9.17, 15) is 9.90 Å². The van der Waals surface area contributed by atoms with Crippen LogP contribution < -0.4 is 5.32 Å². The van der Waals surface area contributed by atoms with Crippen molar-refractivity contribution in [2.24, 2.45) is 0 Å². The van der Waals surface area contributed by atoms with Crippen molar-refractivity contribution < 1.29 is 9.90 Å². The predicted molar refractivity (Wildman–Crippen MR) is 79.5 cm³/mol. The number of nitrogens with one attached hydrogen (secondary N) is 1. The van der Waals surface area contributed by atoms with Gasteiger partial charge in [0.25, 0.3) is 5.91 Å². The highest BCUT2D eigenvalue weighted by atomic mass is 35.5. The maximum Gasteiger partial charge on any atom is 0.265 e. The minimum absolute atomic E-state index is 0.00161. The zero-order chi connectivity index (χ0) is 14.0. The number of hydrogen-bond donors (Lipinski definition) is 2. The van der Waals surface area contributed by atoms with Crippen molar-refractivity contribution in [3.05, 3.63) is 44.6 Å². The van der Waals surface area contributed by atoms with Crippen LogP contribution in [0.25, 0.3) is 0 Å². The SMILES string of the molecule is CCc1sc(C(=O)Nc2cc(Cl)ccc2O)cc1C. The highest BCUT2D eigenvalue weighted by Gasteiger charge is 2.13. The molecule has 100 valence electrons. The number of hydrogen-bond acceptors (Lipinski definition) is 3. The molecule has 19 heavy (non-hydrogen) atoms. The van der Waals surface area contributed by atoms with Crippen molar-refractivity contribution in [2.75, 3.05) is 5.32 Å². The number of thiophene rings is 1. The van der Waals surface area contributed by atoms with E-state index in [1.165, 1.54) is 28.3 Å². The van der Waals surface area contributed by atoms with Crippen molar-refractivity contribution in [1.29, 1.82) is 0 Å². The molecule has 0 aliphatic carbocycles. The second-order valence-corrected chi connectivity index (χ2v) is 5.76. The number of halogens is 1. The van der Waals surface area contributed by atoms with E-state index < -0.39 is 0 Å². The van der Waals surface area contributed by atoms with E-state index in [4.69, 9.17) is 11.6 Å². The lowest BCUT2D eigenvalue weighted by Gasteiger charge is -2.06. The van der Waals surface area contributed by atoms with Gasteiger partial charge in [0.1, 0.15) is 5.75 Å². The maximum absolute atomic E-state index is 12.1. The summed E-state index contributed by atoms with van der Waals surface area (Å²) in [6.45, 7) is 4.05. The van der Waals surface area contributed by atoms with Gasteiger partial charge in [-0.05, 0) is 43.2 Å². The fourth-order valence-electron chi connectivity index (χ4n) is 1.78. The summed E-state index contributed by atoms with van der Waals surface area (Å²) in [6.07, 6.45) is 0.909. The molecule has 0 spiro atoms. The Morgan fingerprint density at radius 1 is 1.42 bits per heavy atom. The van der Waals surface area contributed by atoms with Crippen molar-refractivity contribution in [3.63, 3.8) is 0 Å². The minimum atomic E-state index is -0.231. The Bertz CT molecular complexity index is 622. The summed E-state index contributed by atoms with van der Waals surface area (Å²) in [5, 5.41) is 12.8. The van der Waals surface area contributed by atoms with Crippen LogP contribution in [0.5, 0.6) is 5.75 Å². The number of carbonyl (C=O) groups excluding carboxylic acids is 1. The summed E-state index contributed by atoms with van der Waals surface area (Å²) in [5.74, 6) is -0.230. The van der Waals surface area contributed by atoms with E-state index >= 15 is 0 Å². The molecule has 1 heterocycles. The van der Waals surface area contributed by atoms with E-state index in [2.05, 4.69) is 12.2 Å². The topological polar surface area (TPSA) is 49.3 Å². The quantitative estimate of drug-likeness (QED) is 0.833. The first-order valence-corrected chi connectivity index (χ1v) is 7.10. The molecule has 2 N–H and O–H groups in total. The Morgan fingerprint density at radius 3 is 2.79 bits per heavy atom. The summed E-state index contributed by atoms with van der Waals surface area (Å²) in [4.78, 5) is 13.9. The first-order chi connectivity index (χ1) is 9.01. The standard InChI is InChI=1S/C14H14ClNO2S/c1-3-12-8(2)6-13(19-12)14(18)16-10-7-9(15)4-5-11(10)17/h4-7,17H,3H2,1-2H3,(H,16,18). The lowest BCUT2D eigenvalue weighted by molar-refractivity contribution is 0.103. The van der Waals surface area contributed by atoms with Crippen LogP contribution in [0.4, 0.5) is 5.69 Å². The van der Waals surface area contributed by atoms with Gasteiger partial charge in [0.05, 0.1) is 10.6 Å². The van der Waals surface area contributed by atoms with E-state index in [1.54, 1.807) is 6.07 Å². The number of phenolic OH excluding ortho intramolecular Hbond substituents is 1. The van der Waals surface area contributed by atoms with E-state index in [0.29, 0.717) is 15.6 Å². The maximum atomic E-state index is 12.1. The second kappa shape index (κ2) is 5.63. The summed E-state index contributed by atoms with van der Waals surface area (Å²) in [5.41, 5.74) is 1.44. The van der Waals surface area contributed by atoms with Crippen molar-refractivity contribution >= 4 is 34.5 Å². The molecule has 3 nitrogen and oxygen atoms in total. The van der Waals surface area contributed by atoms with Crippen LogP contribution in [0.2, 0.25) is 5.02 Å². The molecule has 5 heteroatoms. The molecule has 1 aromatic carbocycles. The molecule has 1 aromatic heterocycles. The van der Waals surface area contributed by atoms with Gasteiger partial charge >= 0.3 is 0 Å². The molecule has 0 aliphatic rings. The zero-order valence-electron chi connectivity index (χ0n) is 10.7. The first-order valence-electron chi connectivity index (χ1n) is 5.90. The fraction of sp³-hybridized carbons (Fsp3) is 0.214. The highest BCUT2D eigenvalue weighted by Crippen LogP contribution is 2.28. The largest absolute Gasteiger partial charge is 0.506 e. The molecule has 2 aromatic rings. The number of rotatable bonds is 3. The Hall–Kier alpha value is -1.52. The number of phenols is 1. The van der Waals surface area contributed by atoms with E-state index in [1.807, 2.05) is 13.0 Å². The van der Waals surface area contributed by atoms with Crippen LogP contribution in [-0.2, 0) is 6.42 Å². The lowest BCUT2D eigenvalue weighted by Crippen LogP contribution is -2.10. The summed E-state index contributed by atoms with van der Waals surface area (Å²) >= 11 is 7.31. The number of aryl methyl sites for hydroxylation is 2.